The van der Waals surface area contributed by atoms with Crippen LogP contribution in [0.1, 0.15) is 5.56 Å². The van der Waals surface area contributed by atoms with E-state index in [0.717, 1.165) is 32.6 Å². The van der Waals surface area contributed by atoms with Crippen LogP contribution in [0.15, 0.2) is 77.4 Å². The number of phenols is 1. The van der Waals surface area contributed by atoms with Gasteiger partial charge in [-0.3, -0.25) is 5.10 Å². The zero-order valence-electron chi connectivity index (χ0n) is 15.7. The number of ether oxygens (including phenoxy) is 2. The molecule has 0 radical (unpaired) electrons. The van der Waals surface area contributed by atoms with Crippen molar-refractivity contribution in [1.82, 2.24) is 10.2 Å². The highest BCUT2D eigenvalue weighted by atomic mass is 79.9. The minimum Gasteiger partial charge on any atom is -0.507 e. The molecule has 146 valence electrons. The van der Waals surface area contributed by atoms with Crippen LogP contribution in [0.5, 0.6) is 17.2 Å². The number of benzene rings is 3. The molecule has 29 heavy (non-hydrogen) atoms. The molecule has 0 saturated carbocycles. The molecule has 0 aliphatic heterocycles. The van der Waals surface area contributed by atoms with E-state index in [4.69, 9.17) is 9.47 Å². The molecule has 0 spiro atoms. The Morgan fingerprint density at radius 1 is 0.931 bits per heavy atom. The third-order valence-electron chi connectivity index (χ3n) is 4.60. The van der Waals surface area contributed by atoms with Gasteiger partial charge in [-0.15, -0.1) is 0 Å². The monoisotopic (exact) mass is 450 g/mol. The average Bonchev–Trinajstić information content (AvgIpc) is 3.23. The van der Waals surface area contributed by atoms with E-state index in [-0.39, 0.29) is 5.75 Å². The number of halogens is 1. The van der Waals surface area contributed by atoms with Crippen molar-refractivity contribution in [3.63, 3.8) is 0 Å². The molecule has 3 aromatic carbocycles. The molecule has 6 heteroatoms. The van der Waals surface area contributed by atoms with Gasteiger partial charge in [0.2, 0.25) is 0 Å². The van der Waals surface area contributed by atoms with Crippen LogP contribution in [0.25, 0.3) is 22.4 Å². The van der Waals surface area contributed by atoms with E-state index in [1.807, 2.05) is 60.7 Å². The van der Waals surface area contributed by atoms with E-state index >= 15 is 0 Å². The minimum atomic E-state index is 0.123. The topological polar surface area (TPSA) is 67.4 Å². The van der Waals surface area contributed by atoms with Crippen molar-refractivity contribution in [1.29, 1.82) is 0 Å². The summed E-state index contributed by atoms with van der Waals surface area (Å²) in [5, 5.41) is 17.7. The molecule has 4 rings (SSSR count). The zero-order valence-corrected chi connectivity index (χ0v) is 17.3. The maximum atomic E-state index is 10.6. The maximum Gasteiger partial charge on any atom is 0.128 e. The molecule has 4 aromatic rings. The fraction of sp³-hybridized carbons (Fsp3) is 0.0870. The highest BCUT2D eigenvalue weighted by Crippen LogP contribution is 2.37. The largest absolute Gasteiger partial charge is 0.507 e. The van der Waals surface area contributed by atoms with Gasteiger partial charge in [0.05, 0.1) is 19.0 Å². The summed E-state index contributed by atoms with van der Waals surface area (Å²) in [5.41, 5.74) is 4.32. The van der Waals surface area contributed by atoms with Gasteiger partial charge in [0.15, 0.2) is 0 Å². The SMILES string of the molecule is COc1ccc(-c2cn[nH]c2-c2ccc(OCc3ccc(Br)cc3)cc2O)cc1. The number of aromatic hydroxyl groups is 1. The molecular formula is C23H19BrN2O3. The summed E-state index contributed by atoms with van der Waals surface area (Å²) in [4.78, 5) is 0. The fourth-order valence-electron chi connectivity index (χ4n) is 3.04. The van der Waals surface area contributed by atoms with Crippen molar-refractivity contribution in [2.75, 3.05) is 7.11 Å². The number of phenolic OH excluding ortho intramolecular Hbond substituents is 1. The molecule has 0 saturated heterocycles. The molecular weight excluding hydrogens is 432 g/mol. The Labute approximate surface area is 177 Å². The quantitative estimate of drug-likeness (QED) is 0.389. The van der Waals surface area contributed by atoms with Crippen LogP contribution in [-0.2, 0) is 6.61 Å². The lowest BCUT2D eigenvalue weighted by atomic mass is 10.0. The Bertz CT molecular complexity index is 1110. The van der Waals surface area contributed by atoms with E-state index < -0.39 is 0 Å². The average molecular weight is 451 g/mol. The molecule has 1 aromatic heterocycles. The minimum absolute atomic E-state index is 0.123. The Kier molecular flexibility index (Phi) is 5.53. The number of aromatic nitrogens is 2. The van der Waals surface area contributed by atoms with Gasteiger partial charge in [0, 0.05) is 21.7 Å². The van der Waals surface area contributed by atoms with Crippen LogP contribution in [0.4, 0.5) is 0 Å². The number of methoxy groups -OCH3 is 1. The van der Waals surface area contributed by atoms with Crippen LogP contribution in [0, 0.1) is 0 Å². The summed E-state index contributed by atoms with van der Waals surface area (Å²) in [5.74, 6) is 1.51. The second kappa shape index (κ2) is 8.41. The van der Waals surface area contributed by atoms with E-state index in [2.05, 4.69) is 26.1 Å². The van der Waals surface area contributed by atoms with Gasteiger partial charge in [-0.05, 0) is 47.5 Å². The van der Waals surface area contributed by atoms with Crippen LogP contribution >= 0.6 is 15.9 Å². The summed E-state index contributed by atoms with van der Waals surface area (Å²) < 4.78 is 12.0. The summed E-state index contributed by atoms with van der Waals surface area (Å²) >= 11 is 3.42. The van der Waals surface area contributed by atoms with Crippen LogP contribution in [-0.4, -0.2) is 22.4 Å². The molecule has 1 heterocycles. The fourth-order valence-corrected chi connectivity index (χ4v) is 3.31. The Hall–Kier alpha value is -3.25. The maximum absolute atomic E-state index is 10.6. The van der Waals surface area contributed by atoms with Crippen molar-refractivity contribution in [2.24, 2.45) is 0 Å². The van der Waals surface area contributed by atoms with E-state index in [1.54, 1.807) is 19.4 Å². The smallest absolute Gasteiger partial charge is 0.128 e. The Morgan fingerprint density at radius 3 is 2.34 bits per heavy atom. The number of rotatable bonds is 6. The third kappa shape index (κ3) is 4.27. The van der Waals surface area contributed by atoms with Gasteiger partial charge in [-0.2, -0.15) is 5.10 Å². The predicted molar refractivity (Wildman–Crippen MR) is 116 cm³/mol. The lowest BCUT2D eigenvalue weighted by Gasteiger charge is -2.10. The van der Waals surface area contributed by atoms with Gasteiger partial charge in [0.25, 0.3) is 0 Å². The second-order valence-corrected chi connectivity index (χ2v) is 7.40. The predicted octanol–water partition coefficient (Wildman–Crippen LogP) is 5.80. The van der Waals surface area contributed by atoms with Gasteiger partial charge < -0.3 is 14.6 Å². The van der Waals surface area contributed by atoms with Crippen molar-refractivity contribution in [2.45, 2.75) is 6.61 Å². The molecule has 0 bridgehead atoms. The first-order valence-corrected chi connectivity index (χ1v) is 9.82. The molecule has 0 aliphatic carbocycles. The number of hydrogen-bond donors (Lipinski definition) is 2. The third-order valence-corrected chi connectivity index (χ3v) is 5.13. The number of H-pyrrole nitrogens is 1. The molecule has 0 amide bonds. The number of hydrogen-bond acceptors (Lipinski definition) is 4. The van der Waals surface area contributed by atoms with E-state index in [1.165, 1.54) is 0 Å². The van der Waals surface area contributed by atoms with Crippen molar-refractivity contribution >= 4 is 15.9 Å². The number of aromatic amines is 1. The Balaban J connectivity index is 1.55. The molecule has 5 nitrogen and oxygen atoms in total. The number of nitrogens with one attached hydrogen (secondary N) is 1. The van der Waals surface area contributed by atoms with Crippen molar-refractivity contribution in [3.8, 4) is 39.6 Å². The number of nitrogens with zero attached hydrogens (tertiary/aromatic N) is 1. The standard InChI is InChI=1S/C23H19BrN2O3/c1-28-18-8-4-16(5-9-18)21-13-25-26-23(21)20-11-10-19(12-22(20)27)29-14-15-2-6-17(24)7-3-15/h2-13,27H,14H2,1H3,(H,25,26). The van der Waals surface area contributed by atoms with Crippen molar-refractivity contribution in [3.05, 3.63) is 83.0 Å². The molecule has 2 N–H and O–H groups in total. The lowest BCUT2D eigenvalue weighted by molar-refractivity contribution is 0.304. The van der Waals surface area contributed by atoms with Gasteiger partial charge in [-0.1, -0.05) is 40.2 Å². The normalized spacial score (nSPS) is 10.7. The van der Waals surface area contributed by atoms with Crippen LogP contribution in [0.3, 0.4) is 0 Å². The Morgan fingerprint density at radius 2 is 1.66 bits per heavy atom. The summed E-state index contributed by atoms with van der Waals surface area (Å²) in [6.45, 7) is 0.424. The van der Waals surface area contributed by atoms with Crippen molar-refractivity contribution < 1.29 is 14.6 Å². The zero-order chi connectivity index (χ0) is 20.2. The highest BCUT2D eigenvalue weighted by molar-refractivity contribution is 9.10. The second-order valence-electron chi connectivity index (χ2n) is 6.48. The first kappa shape index (κ1) is 19.1. The van der Waals surface area contributed by atoms with Gasteiger partial charge in [-0.25, -0.2) is 0 Å². The van der Waals surface area contributed by atoms with Crippen LogP contribution < -0.4 is 9.47 Å². The lowest BCUT2D eigenvalue weighted by Crippen LogP contribution is -1.95. The van der Waals surface area contributed by atoms with E-state index in [0.29, 0.717) is 17.9 Å². The van der Waals surface area contributed by atoms with Crippen LogP contribution in [0.2, 0.25) is 0 Å². The first-order chi connectivity index (χ1) is 14.1. The molecule has 0 fully saturated rings. The molecule has 0 aliphatic rings. The highest BCUT2D eigenvalue weighted by Gasteiger charge is 2.14. The van der Waals surface area contributed by atoms with Gasteiger partial charge in [0.1, 0.15) is 23.9 Å². The van der Waals surface area contributed by atoms with E-state index in [9.17, 15) is 5.11 Å². The molecule has 0 atom stereocenters. The summed E-state index contributed by atoms with van der Waals surface area (Å²) in [6.07, 6.45) is 1.74. The summed E-state index contributed by atoms with van der Waals surface area (Å²) in [6, 6.07) is 20.9. The molecule has 0 unspecified atom stereocenters. The summed E-state index contributed by atoms with van der Waals surface area (Å²) in [7, 11) is 1.64. The van der Waals surface area contributed by atoms with Gasteiger partial charge >= 0.3 is 0 Å². The first-order valence-electron chi connectivity index (χ1n) is 9.02.